The van der Waals surface area contributed by atoms with Crippen molar-refractivity contribution in [2.45, 2.75) is 12.5 Å². The first-order valence-corrected chi connectivity index (χ1v) is 10.6. The molecule has 0 spiro atoms. The lowest BCUT2D eigenvalue weighted by molar-refractivity contribution is -0.117. The summed E-state index contributed by atoms with van der Waals surface area (Å²) in [7, 11) is 0. The molecule has 4 aromatic rings. The van der Waals surface area contributed by atoms with Crippen LogP contribution in [-0.4, -0.2) is 22.8 Å². The van der Waals surface area contributed by atoms with Crippen molar-refractivity contribution < 1.29 is 18.8 Å². The molecule has 1 atom stereocenters. The summed E-state index contributed by atoms with van der Waals surface area (Å²) in [5, 5.41) is 7.12. The van der Waals surface area contributed by atoms with Crippen molar-refractivity contribution in [2.24, 2.45) is 0 Å². The lowest BCUT2D eigenvalue weighted by Gasteiger charge is -2.14. The van der Waals surface area contributed by atoms with Gasteiger partial charge in [-0.2, -0.15) is 4.98 Å². The molecule has 7 heteroatoms. The van der Waals surface area contributed by atoms with E-state index in [-0.39, 0.29) is 12.7 Å². The molecule has 0 unspecified atom stereocenters. The fraction of sp³-hybridized carbons (Fsp3) is 0.115. The summed E-state index contributed by atoms with van der Waals surface area (Å²) in [6.45, 7) is 0.192. The second kappa shape index (κ2) is 9.40. The van der Waals surface area contributed by atoms with Crippen LogP contribution in [-0.2, 0) is 11.2 Å². The monoisotopic (exact) mass is 439 g/mol. The maximum atomic E-state index is 12.7. The van der Waals surface area contributed by atoms with Gasteiger partial charge in [0.2, 0.25) is 24.4 Å². The highest BCUT2D eigenvalue weighted by molar-refractivity contribution is 5.91. The summed E-state index contributed by atoms with van der Waals surface area (Å²) in [6.07, 6.45) is 3.78. The molecule has 2 heterocycles. The second-order valence-corrected chi connectivity index (χ2v) is 7.52. The molecule has 1 amide bonds. The van der Waals surface area contributed by atoms with E-state index in [1.807, 2.05) is 78.9 Å². The third kappa shape index (κ3) is 4.93. The summed E-state index contributed by atoms with van der Waals surface area (Å²) >= 11 is 0. The molecule has 1 aliphatic heterocycles. The average Bonchev–Trinajstić information content (AvgIpc) is 3.53. The molecular weight excluding hydrogens is 418 g/mol. The summed E-state index contributed by atoms with van der Waals surface area (Å²) in [6, 6.07) is 24.5. The van der Waals surface area contributed by atoms with Gasteiger partial charge in [-0.25, -0.2) is 0 Å². The molecule has 1 aliphatic rings. The summed E-state index contributed by atoms with van der Waals surface area (Å²) in [5.41, 5.74) is 2.72. The zero-order chi connectivity index (χ0) is 22.5. The van der Waals surface area contributed by atoms with E-state index in [0.29, 0.717) is 29.6 Å². The molecule has 0 fully saturated rings. The predicted octanol–water partition coefficient (Wildman–Crippen LogP) is 4.58. The van der Waals surface area contributed by atoms with Gasteiger partial charge in [0.05, 0.1) is 0 Å². The first-order valence-electron chi connectivity index (χ1n) is 10.6. The Morgan fingerprint density at radius 3 is 2.55 bits per heavy atom. The van der Waals surface area contributed by atoms with Crippen molar-refractivity contribution in [2.75, 3.05) is 6.79 Å². The van der Waals surface area contributed by atoms with Crippen LogP contribution >= 0.6 is 0 Å². The van der Waals surface area contributed by atoms with Crippen LogP contribution in [0.5, 0.6) is 11.5 Å². The Labute approximate surface area is 190 Å². The minimum atomic E-state index is -0.490. The van der Waals surface area contributed by atoms with Gasteiger partial charge < -0.3 is 19.3 Å². The van der Waals surface area contributed by atoms with Gasteiger partial charge in [-0.05, 0) is 35.4 Å². The molecule has 0 aliphatic carbocycles. The lowest BCUT2D eigenvalue weighted by Crippen LogP contribution is -2.28. The highest BCUT2D eigenvalue weighted by Crippen LogP contribution is 2.35. The van der Waals surface area contributed by atoms with Gasteiger partial charge >= 0.3 is 0 Å². The van der Waals surface area contributed by atoms with Crippen molar-refractivity contribution >= 4 is 12.0 Å². The number of amides is 1. The minimum absolute atomic E-state index is 0.192. The average molecular weight is 439 g/mol. The minimum Gasteiger partial charge on any atom is -0.454 e. The maximum absolute atomic E-state index is 12.7. The van der Waals surface area contributed by atoms with Gasteiger partial charge in [-0.1, -0.05) is 65.8 Å². The van der Waals surface area contributed by atoms with E-state index >= 15 is 0 Å². The Hall–Kier alpha value is -4.39. The molecule has 7 nitrogen and oxygen atoms in total. The predicted molar refractivity (Wildman–Crippen MR) is 122 cm³/mol. The number of ether oxygens (including phenoxy) is 2. The topological polar surface area (TPSA) is 86.5 Å². The molecular formula is C26H21N3O4. The number of fused-ring (bicyclic) bond motifs is 1. The molecule has 3 aromatic carbocycles. The van der Waals surface area contributed by atoms with Crippen LogP contribution in [0.2, 0.25) is 0 Å². The zero-order valence-electron chi connectivity index (χ0n) is 17.7. The van der Waals surface area contributed by atoms with Gasteiger partial charge in [-0.3, -0.25) is 4.79 Å². The van der Waals surface area contributed by atoms with E-state index in [1.165, 1.54) is 6.08 Å². The standard InChI is InChI=1S/C26H21N3O4/c30-24(14-11-18-7-3-1-4-8-18)27-21(15-19-9-5-2-6-10-19)26-28-25(29-33-26)20-12-13-22-23(16-20)32-17-31-22/h1-14,16,21H,15,17H2,(H,27,30)/b14-11+/t21-/m0/s1. The number of benzene rings is 3. The van der Waals surface area contributed by atoms with Crippen molar-refractivity contribution in [3.05, 3.63) is 102 Å². The first kappa shape index (κ1) is 20.5. The van der Waals surface area contributed by atoms with Gasteiger partial charge in [-0.15, -0.1) is 0 Å². The van der Waals surface area contributed by atoms with Crippen LogP contribution in [0.15, 0.2) is 89.5 Å². The van der Waals surface area contributed by atoms with Crippen molar-refractivity contribution in [3.63, 3.8) is 0 Å². The SMILES string of the molecule is O=C(/C=C/c1ccccc1)N[C@@H](Cc1ccccc1)c1nc(-c2ccc3c(c2)OCO3)no1. The summed E-state index contributed by atoms with van der Waals surface area (Å²) in [4.78, 5) is 17.2. The fourth-order valence-corrected chi connectivity index (χ4v) is 3.54. The summed E-state index contributed by atoms with van der Waals surface area (Å²) in [5.74, 6) is 1.81. The van der Waals surface area contributed by atoms with Crippen molar-refractivity contribution in [1.29, 1.82) is 0 Å². The smallest absolute Gasteiger partial charge is 0.249 e. The van der Waals surface area contributed by atoms with E-state index in [2.05, 4.69) is 15.5 Å². The van der Waals surface area contributed by atoms with Crippen LogP contribution in [0.4, 0.5) is 0 Å². The number of carbonyl (C=O) groups excluding carboxylic acids is 1. The quantitative estimate of drug-likeness (QED) is 0.424. The number of hydrogen-bond donors (Lipinski definition) is 1. The second-order valence-electron chi connectivity index (χ2n) is 7.52. The van der Waals surface area contributed by atoms with Crippen LogP contribution < -0.4 is 14.8 Å². The maximum Gasteiger partial charge on any atom is 0.249 e. The van der Waals surface area contributed by atoms with E-state index in [0.717, 1.165) is 16.7 Å². The van der Waals surface area contributed by atoms with Gasteiger partial charge in [0, 0.05) is 18.1 Å². The molecule has 0 saturated heterocycles. The number of aromatic nitrogens is 2. The molecule has 1 N–H and O–H groups in total. The number of hydrogen-bond acceptors (Lipinski definition) is 6. The van der Waals surface area contributed by atoms with Crippen LogP contribution in [0.25, 0.3) is 17.5 Å². The highest BCUT2D eigenvalue weighted by atomic mass is 16.7. The molecule has 0 saturated carbocycles. The van der Waals surface area contributed by atoms with Gasteiger partial charge in [0.15, 0.2) is 11.5 Å². The molecule has 33 heavy (non-hydrogen) atoms. The molecule has 0 bridgehead atoms. The van der Waals surface area contributed by atoms with Gasteiger partial charge in [0.25, 0.3) is 0 Å². The molecule has 0 radical (unpaired) electrons. The first-order chi connectivity index (χ1) is 16.2. The van der Waals surface area contributed by atoms with Crippen LogP contribution in [0.1, 0.15) is 23.1 Å². The van der Waals surface area contributed by atoms with E-state index < -0.39 is 6.04 Å². The molecule has 1 aromatic heterocycles. The Morgan fingerprint density at radius 2 is 1.73 bits per heavy atom. The van der Waals surface area contributed by atoms with Crippen molar-refractivity contribution in [1.82, 2.24) is 15.5 Å². The third-order valence-corrected chi connectivity index (χ3v) is 5.20. The Kier molecular flexibility index (Phi) is 5.84. The zero-order valence-corrected chi connectivity index (χ0v) is 17.7. The van der Waals surface area contributed by atoms with Crippen LogP contribution in [0.3, 0.4) is 0 Å². The number of rotatable bonds is 7. The number of nitrogens with zero attached hydrogens (tertiary/aromatic N) is 2. The molecule has 164 valence electrons. The van der Waals surface area contributed by atoms with Crippen LogP contribution in [0, 0.1) is 0 Å². The normalized spacial score (nSPS) is 13.2. The highest BCUT2D eigenvalue weighted by Gasteiger charge is 2.23. The largest absolute Gasteiger partial charge is 0.454 e. The summed E-state index contributed by atoms with van der Waals surface area (Å²) < 4.78 is 16.4. The number of carbonyl (C=O) groups is 1. The number of nitrogens with one attached hydrogen (secondary N) is 1. The Morgan fingerprint density at radius 1 is 0.970 bits per heavy atom. The fourth-order valence-electron chi connectivity index (χ4n) is 3.54. The lowest BCUT2D eigenvalue weighted by atomic mass is 10.1. The Balaban J connectivity index is 1.37. The third-order valence-electron chi connectivity index (χ3n) is 5.20. The van der Waals surface area contributed by atoms with Crippen molar-refractivity contribution in [3.8, 4) is 22.9 Å². The van der Waals surface area contributed by atoms with E-state index in [1.54, 1.807) is 6.08 Å². The van der Waals surface area contributed by atoms with Gasteiger partial charge in [0.1, 0.15) is 6.04 Å². The Bertz CT molecular complexity index is 1270. The molecule has 5 rings (SSSR count). The van der Waals surface area contributed by atoms with E-state index in [9.17, 15) is 4.79 Å². The van der Waals surface area contributed by atoms with E-state index in [4.69, 9.17) is 14.0 Å².